The van der Waals surface area contributed by atoms with E-state index in [-0.39, 0.29) is 11.3 Å². The van der Waals surface area contributed by atoms with Crippen molar-refractivity contribution in [3.05, 3.63) is 99.7 Å². The van der Waals surface area contributed by atoms with Crippen molar-refractivity contribution in [3.8, 4) is 17.1 Å². The highest BCUT2D eigenvalue weighted by atomic mass is 16.5. The lowest BCUT2D eigenvalue weighted by atomic mass is 10.0. The summed E-state index contributed by atoms with van der Waals surface area (Å²) in [7, 11) is 3.35. The maximum atomic E-state index is 13.3. The molecule has 5 heteroatoms. The average Bonchev–Trinajstić information content (AvgIpc) is 2.81. The van der Waals surface area contributed by atoms with E-state index in [9.17, 15) is 9.59 Å². The van der Waals surface area contributed by atoms with Crippen molar-refractivity contribution < 1.29 is 13.9 Å². The number of amides is 1. The first-order chi connectivity index (χ1) is 15.0. The van der Waals surface area contributed by atoms with Gasteiger partial charge in [-0.2, -0.15) is 0 Å². The minimum Gasteiger partial charge on any atom is -0.497 e. The summed E-state index contributed by atoms with van der Waals surface area (Å²) in [5.41, 5.74) is 2.83. The van der Waals surface area contributed by atoms with Gasteiger partial charge in [-0.1, -0.05) is 48.5 Å². The first-order valence-electron chi connectivity index (χ1n) is 10.00. The van der Waals surface area contributed by atoms with Crippen LogP contribution in [0.1, 0.15) is 21.5 Å². The maximum Gasteiger partial charge on any atom is 0.257 e. The molecule has 0 aliphatic carbocycles. The highest BCUT2D eigenvalue weighted by Gasteiger charge is 2.20. The third-order valence-electron chi connectivity index (χ3n) is 5.34. The topological polar surface area (TPSA) is 59.8 Å². The Morgan fingerprint density at radius 1 is 0.968 bits per heavy atom. The molecule has 0 N–H and O–H groups in total. The molecule has 0 fully saturated rings. The van der Waals surface area contributed by atoms with E-state index in [2.05, 4.69) is 0 Å². The van der Waals surface area contributed by atoms with E-state index in [4.69, 9.17) is 9.15 Å². The fraction of sp³-hybridized carbons (Fsp3) is 0.154. The molecule has 0 saturated heterocycles. The number of hydrogen-bond acceptors (Lipinski definition) is 4. The average molecular weight is 413 g/mol. The molecule has 0 atom stereocenters. The lowest BCUT2D eigenvalue weighted by Crippen LogP contribution is -2.26. The van der Waals surface area contributed by atoms with Gasteiger partial charge in [0.25, 0.3) is 5.91 Å². The maximum absolute atomic E-state index is 13.3. The van der Waals surface area contributed by atoms with Crippen LogP contribution in [0.4, 0.5) is 0 Å². The van der Waals surface area contributed by atoms with Crippen LogP contribution in [0.3, 0.4) is 0 Å². The molecule has 1 amide bonds. The van der Waals surface area contributed by atoms with Crippen LogP contribution >= 0.6 is 0 Å². The molecule has 1 aromatic heterocycles. The molecule has 156 valence electrons. The van der Waals surface area contributed by atoms with Crippen LogP contribution in [0.2, 0.25) is 0 Å². The van der Waals surface area contributed by atoms with Gasteiger partial charge < -0.3 is 14.1 Å². The van der Waals surface area contributed by atoms with Crippen molar-refractivity contribution in [2.75, 3.05) is 14.2 Å². The summed E-state index contributed by atoms with van der Waals surface area (Å²) in [6, 6.07) is 22.1. The zero-order chi connectivity index (χ0) is 22.0. The molecule has 1 heterocycles. The van der Waals surface area contributed by atoms with Gasteiger partial charge in [0.1, 0.15) is 11.5 Å². The van der Waals surface area contributed by atoms with Crippen molar-refractivity contribution in [2.24, 2.45) is 0 Å². The van der Waals surface area contributed by atoms with Crippen LogP contribution in [-0.4, -0.2) is 25.0 Å². The number of hydrogen-bond donors (Lipinski definition) is 0. The van der Waals surface area contributed by atoms with Crippen molar-refractivity contribution in [1.82, 2.24) is 4.90 Å². The van der Waals surface area contributed by atoms with Crippen molar-refractivity contribution in [3.63, 3.8) is 0 Å². The lowest BCUT2D eigenvalue weighted by molar-refractivity contribution is 0.0786. The summed E-state index contributed by atoms with van der Waals surface area (Å²) >= 11 is 0. The largest absolute Gasteiger partial charge is 0.497 e. The van der Waals surface area contributed by atoms with E-state index in [1.54, 1.807) is 44.2 Å². The number of methoxy groups -OCH3 is 1. The van der Waals surface area contributed by atoms with Gasteiger partial charge in [-0.25, -0.2) is 0 Å². The standard InChI is InChI=1S/C26H23NO4/c1-17-23(28)21-10-7-11-22(25(21)31-24(17)19-8-5-4-6-9-19)26(29)27(2)16-18-12-14-20(30-3)15-13-18/h4-15H,16H2,1-3H3. The van der Waals surface area contributed by atoms with E-state index in [0.717, 1.165) is 16.9 Å². The zero-order valence-electron chi connectivity index (χ0n) is 17.7. The number of carbonyl (C=O) groups excluding carboxylic acids is 1. The molecule has 0 unspecified atom stereocenters. The Morgan fingerprint density at radius 3 is 2.35 bits per heavy atom. The molecule has 0 aliphatic rings. The molecule has 0 bridgehead atoms. The Morgan fingerprint density at radius 2 is 1.68 bits per heavy atom. The molecule has 5 nitrogen and oxygen atoms in total. The normalized spacial score (nSPS) is 10.8. The van der Waals surface area contributed by atoms with Crippen molar-refractivity contribution in [2.45, 2.75) is 13.5 Å². The van der Waals surface area contributed by atoms with Gasteiger partial charge in [-0.3, -0.25) is 9.59 Å². The lowest BCUT2D eigenvalue weighted by Gasteiger charge is -2.18. The van der Waals surface area contributed by atoms with Crippen LogP contribution < -0.4 is 10.2 Å². The second-order valence-electron chi connectivity index (χ2n) is 7.44. The molecule has 3 aromatic carbocycles. The van der Waals surface area contributed by atoms with Crippen LogP contribution in [0, 0.1) is 6.92 Å². The summed E-state index contributed by atoms with van der Waals surface area (Å²) in [5.74, 6) is 1.03. The molecular weight excluding hydrogens is 390 g/mol. The Labute approximate surface area is 180 Å². The van der Waals surface area contributed by atoms with Gasteiger partial charge in [-0.15, -0.1) is 0 Å². The summed E-state index contributed by atoms with van der Waals surface area (Å²) in [6.45, 7) is 2.17. The van der Waals surface area contributed by atoms with Gasteiger partial charge in [0.15, 0.2) is 11.0 Å². The quantitative estimate of drug-likeness (QED) is 0.459. The Kier molecular flexibility index (Phi) is 5.58. The second-order valence-corrected chi connectivity index (χ2v) is 7.44. The Balaban J connectivity index is 1.75. The zero-order valence-corrected chi connectivity index (χ0v) is 17.7. The van der Waals surface area contributed by atoms with E-state index in [0.29, 0.717) is 34.4 Å². The summed E-state index contributed by atoms with van der Waals surface area (Å²) in [5, 5.41) is 0.404. The highest BCUT2D eigenvalue weighted by molar-refractivity contribution is 6.05. The molecule has 0 aliphatic heterocycles. The number of benzene rings is 3. The minimum absolute atomic E-state index is 0.132. The minimum atomic E-state index is -0.215. The molecule has 0 radical (unpaired) electrons. The van der Waals surface area contributed by atoms with Gasteiger partial charge in [-0.05, 0) is 36.8 Å². The Hall–Kier alpha value is -3.86. The molecule has 0 saturated carbocycles. The number of rotatable bonds is 5. The molecule has 4 aromatic rings. The molecule has 4 rings (SSSR count). The van der Waals surface area contributed by atoms with Gasteiger partial charge >= 0.3 is 0 Å². The molecule has 31 heavy (non-hydrogen) atoms. The van der Waals surface area contributed by atoms with E-state index < -0.39 is 0 Å². The summed E-state index contributed by atoms with van der Waals surface area (Å²) in [6.07, 6.45) is 0. The smallest absolute Gasteiger partial charge is 0.257 e. The molecular formula is C26H23NO4. The fourth-order valence-corrected chi connectivity index (χ4v) is 3.63. The first kappa shape index (κ1) is 20.4. The third kappa shape index (κ3) is 3.94. The Bertz CT molecular complexity index is 1290. The first-order valence-corrected chi connectivity index (χ1v) is 10.00. The van der Waals surface area contributed by atoms with Crippen LogP contribution in [0.5, 0.6) is 5.75 Å². The van der Waals surface area contributed by atoms with Crippen LogP contribution in [-0.2, 0) is 6.54 Å². The predicted octanol–water partition coefficient (Wildman–Crippen LogP) is 5.05. The van der Waals surface area contributed by atoms with Gasteiger partial charge in [0.05, 0.1) is 18.1 Å². The number of para-hydroxylation sites is 1. The van der Waals surface area contributed by atoms with Crippen molar-refractivity contribution in [1.29, 1.82) is 0 Å². The number of ether oxygens (including phenoxy) is 1. The summed E-state index contributed by atoms with van der Waals surface area (Å²) in [4.78, 5) is 27.9. The van der Waals surface area contributed by atoms with E-state index in [1.807, 2.05) is 54.6 Å². The van der Waals surface area contributed by atoms with Crippen LogP contribution in [0.25, 0.3) is 22.3 Å². The number of fused-ring (bicyclic) bond motifs is 1. The van der Waals surface area contributed by atoms with Crippen LogP contribution in [0.15, 0.2) is 82.0 Å². The third-order valence-corrected chi connectivity index (χ3v) is 5.34. The highest BCUT2D eigenvalue weighted by Crippen LogP contribution is 2.28. The second kappa shape index (κ2) is 8.48. The SMILES string of the molecule is COc1ccc(CN(C)C(=O)c2cccc3c(=O)c(C)c(-c4ccccc4)oc23)cc1. The number of nitrogens with zero attached hydrogens (tertiary/aromatic N) is 1. The van der Waals surface area contributed by atoms with Gasteiger partial charge in [0, 0.05) is 24.7 Å². The van der Waals surface area contributed by atoms with Gasteiger partial charge in [0.2, 0.25) is 0 Å². The summed E-state index contributed by atoms with van der Waals surface area (Å²) < 4.78 is 11.4. The number of carbonyl (C=O) groups is 1. The van der Waals surface area contributed by atoms with E-state index >= 15 is 0 Å². The fourth-order valence-electron chi connectivity index (χ4n) is 3.63. The monoisotopic (exact) mass is 413 g/mol. The predicted molar refractivity (Wildman–Crippen MR) is 121 cm³/mol. The van der Waals surface area contributed by atoms with E-state index in [1.165, 1.54) is 0 Å². The molecule has 0 spiro atoms. The van der Waals surface area contributed by atoms with Crippen molar-refractivity contribution >= 4 is 16.9 Å².